The van der Waals surface area contributed by atoms with Gasteiger partial charge in [0.15, 0.2) is 6.61 Å². The van der Waals surface area contributed by atoms with Gasteiger partial charge in [-0.2, -0.15) is 5.10 Å². The van der Waals surface area contributed by atoms with Crippen molar-refractivity contribution in [2.24, 2.45) is 5.10 Å². The molecule has 0 aliphatic carbocycles. The molecule has 0 bridgehead atoms. The SMILES string of the molecule is Cc1ccc(C=NNC(=O)COc2ccc3cc(Br)ccc3c2Br)o1. The Balaban J connectivity index is 1.60. The third-order valence-corrected chi connectivity index (χ3v) is 4.69. The van der Waals surface area contributed by atoms with Crippen molar-refractivity contribution in [3.05, 3.63) is 62.9 Å². The summed E-state index contributed by atoms with van der Waals surface area (Å²) in [5, 5.41) is 5.91. The van der Waals surface area contributed by atoms with Crippen molar-refractivity contribution in [3.63, 3.8) is 0 Å². The highest BCUT2D eigenvalue weighted by Crippen LogP contribution is 2.34. The first-order chi connectivity index (χ1) is 12.0. The number of hydrogen-bond acceptors (Lipinski definition) is 4. The Morgan fingerprint density at radius 3 is 2.84 bits per heavy atom. The van der Waals surface area contributed by atoms with Crippen molar-refractivity contribution in [1.29, 1.82) is 0 Å². The normalized spacial score (nSPS) is 11.2. The summed E-state index contributed by atoms with van der Waals surface area (Å²) in [6, 6.07) is 13.3. The van der Waals surface area contributed by atoms with Gasteiger partial charge in [0.25, 0.3) is 5.91 Å². The Morgan fingerprint density at radius 2 is 2.08 bits per heavy atom. The first kappa shape index (κ1) is 17.7. The molecule has 25 heavy (non-hydrogen) atoms. The number of ether oxygens (including phenoxy) is 1. The number of carbonyl (C=O) groups is 1. The van der Waals surface area contributed by atoms with Crippen LogP contribution in [0.15, 0.2) is 60.9 Å². The van der Waals surface area contributed by atoms with E-state index in [1.807, 2.05) is 43.3 Å². The highest BCUT2D eigenvalue weighted by molar-refractivity contribution is 9.11. The van der Waals surface area contributed by atoms with Gasteiger partial charge in [0.05, 0.1) is 10.7 Å². The minimum atomic E-state index is -0.359. The highest BCUT2D eigenvalue weighted by Gasteiger charge is 2.09. The lowest BCUT2D eigenvalue weighted by molar-refractivity contribution is -0.123. The molecular weight excluding hydrogens is 452 g/mol. The Morgan fingerprint density at radius 1 is 1.24 bits per heavy atom. The summed E-state index contributed by atoms with van der Waals surface area (Å²) < 4.78 is 12.7. The molecular formula is C18H14Br2N2O3. The predicted octanol–water partition coefficient (Wildman–Crippen LogP) is 4.80. The number of nitrogens with one attached hydrogen (secondary N) is 1. The third-order valence-electron chi connectivity index (χ3n) is 3.38. The molecule has 0 spiro atoms. The number of amides is 1. The van der Waals surface area contributed by atoms with Crippen LogP contribution in [0.2, 0.25) is 0 Å². The van der Waals surface area contributed by atoms with Gasteiger partial charge in [0.1, 0.15) is 17.3 Å². The number of hydrogen-bond donors (Lipinski definition) is 1. The maximum atomic E-state index is 11.8. The average Bonchev–Trinajstić information content (AvgIpc) is 2.99. The number of rotatable bonds is 5. The first-order valence-corrected chi connectivity index (χ1v) is 9.00. The molecule has 1 aromatic heterocycles. The number of furan rings is 1. The smallest absolute Gasteiger partial charge is 0.277 e. The zero-order chi connectivity index (χ0) is 17.8. The summed E-state index contributed by atoms with van der Waals surface area (Å²) in [4.78, 5) is 11.8. The summed E-state index contributed by atoms with van der Waals surface area (Å²) in [5.74, 6) is 1.59. The topological polar surface area (TPSA) is 63.8 Å². The summed E-state index contributed by atoms with van der Waals surface area (Å²) in [6.45, 7) is 1.69. The van der Waals surface area contributed by atoms with E-state index in [-0.39, 0.29) is 12.5 Å². The zero-order valence-electron chi connectivity index (χ0n) is 13.3. The Labute approximate surface area is 161 Å². The van der Waals surface area contributed by atoms with Crippen molar-refractivity contribution in [1.82, 2.24) is 5.43 Å². The molecule has 0 radical (unpaired) electrons. The van der Waals surface area contributed by atoms with Crippen molar-refractivity contribution >= 4 is 54.8 Å². The predicted molar refractivity (Wildman–Crippen MR) is 104 cm³/mol. The van der Waals surface area contributed by atoms with Gasteiger partial charge in [-0.3, -0.25) is 4.79 Å². The molecule has 0 unspecified atom stereocenters. The van der Waals surface area contributed by atoms with Gasteiger partial charge in [0, 0.05) is 4.47 Å². The van der Waals surface area contributed by atoms with Gasteiger partial charge in [0.2, 0.25) is 0 Å². The van der Waals surface area contributed by atoms with Crippen molar-refractivity contribution in [2.45, 2.75) is 6.92 Å². The van der Waals surface area contributed by atoms with Crippen LogP contribution in [0.25, 0.3) is 10.8 Å². The number of carbonyl (C=O) groups excluding carboxylic acids is 1. The van der Waals surface area contributed by atoms with Crippen LogP contribution in [0.5, 0.6) is 5.75 Å². The second-order valence-corrected chi connectivity index (χ2v) is 6.98. The van der Waals surface area contributed by atoms with E-state index < -0.39 is 0 Å². The minimum absolute atomic E-state index is 0.144. The van der Waals surface area contributed by atoms with E-state index in [0.717, 1.165) is 25.5 Å². The van der Waals surface area contributed by atoms with E-state index in [0.29, 0.717) is 11.5 Å². The number of fused-ring (bicyclic) bond motifs is 1. The molecule has 0 fully saturated rings. The first-order valence-electron chi connectivity index (χ1n) is 7.42. The molecule has 0 aliphatic heterocycles. The maximum absolute atomic E-state index is 11.8. The molecule has 2 aromatic carbocycles. The lowest BCUT2D eigenvalue weighted by atomic mass is 10.1. The van der Waals surface area contributed by atoms with E-state index in [2.05, 4.69) is 42.4 Å². The van der Waals surface area contributed by atoms with E-state index in [4.69, 9.17) is 9.15 Å². The van der Waals surface area contributed by atoms with Gasteiger partial charge in [-0.1, -0.05) is 28.1 Å². The van der Waals surface area contributed by atoms with E-state index >= 15 is 0 Å². The van der Waals surface area contributed by atoms with Gasteiger partial charge < -0.3 is 9.15 Å². The van der Waals surface area contributed by atoms with Crippen molar-refractivity contribution in [2.75, 3.05) is 6.61 Å². The minimum Gasteiger partial charge on any atom is -0.483 e. The molecule has 1 N–H and O–H groups in total. The van der Waals surface area contributed by atoms with E-state index in [9.17, 15) is 4.79 Å². The van der Waals surface area contributed by atoms with Gasteiger partial charge >= 0.3 is 0 Å². The Kier molecular flexibility index (Phi) is 5.55. The van der Waals surface area contributed by atoms with Crippen LogP contribution in [0.4, 0.5) is 0 Å². The van der Waals surface area contributed by atoms with Crippen molar-refractivity contribution in [3.8, 4) is 5.75 Å². The molecule has 7 heteroatoms. The molecule has 0 saturated heterocycles. The molecule has 0 aliphatic rings. The van der Waals surface area contributed by atoms with Crippen molar-refractivity contribution < 1.29 is 13.9 Å². The second kappa shape index (κ2) is 7.84. The highest BCUT2D eigenvalue weighted by atomic mass is 79.9. The van der Waals surface area contributed by atoms with Crippen LogP contribution in [-0.4, -0.2) is 18.7 Å². The standard InChI is InChI=1S/C18H14Br2N2O3/c1-11-2-5-14(25-11)9-21-22-17(23)10-24-16-7-3-12-8-13(19)4-6-15(12)18(16)20/h2-9H,10H2,1H3,(H,22,23). The number of aryl methyl sites for hydroxylation is 1. The number of nitrogens with zero attached hydrogens (tertiary/aromatic N) is 1. The average molecular weight is 466 g/mol. The second-order valence-electron chi connectivity index (χ2n) is 5.27. The Hall–Kier alpha value is -2.12. The van der Waals surface area contributed by atoms with E-state index in [1.54, 1.807) is 6.07 Å². The summed E-state index contributed by atoms with van der Waals surface area (Å²) in [7, 11) is 0. The van der Waals surface area contributed by atoms with Crippen LogP contribution in [0.1, 0.15) is 11.5 Å². The maximum Gasteiger partial charge on any atom is 0.277 e. The number of benzene rings is 2. The van der Waals surface area contributed by atoms with Crippen LogP contribution >= 0.6 is 31.9 Å². The van der Waals surface area contributed by atoms with E-state index in [1.165, 1.54) is 6.21 Å². The largest absolute Gasteiger partial charge is 0.483 e. The molecule has 3 aromatic rings. The summed E-state index contributed by atoms with van der Waals surface area (Å²) in [6.07, 6.45) is 1.44. The zero-order valence-corrected chi connectivity index (χ0v) is 16.4. The Bertz CT molecular complexity index is 951. The van der Waals surface area contributed by atoms with Crippen LogP contribution < -0.4 is 10.2 Å². The fourth-order valence-corrected chi connectivity index (χ4v) is 3.21. The van der Waals surface area contributed by atoms with Gasteiger partial charge in [-0.15, -0.1) is 0 Å². The molecule has 0 saturated carbocycles. The third kappa shape index (κ3) is 4.49. The quantitative estimate of drug-likeness (QED) is 0.435. The fraction of sp³-hybridized carbons (Fsp3) is 0.111. The van der Waals surface area contributed by atoms with Crippen LogP contribution in [0.3, 0.4) is 0 Å². The molecule has 5 nitrogen and oxygen atoms in total. The molecule has 3 rings (SSSR count). The molecule has 1 amide bonds. The lowest BCUT2D eigenvalue weighted by Gasteiger charge is -2.10. The lowest BCUT2D eigenvalue weighted by Crippen LogP contribution is -2.24. The summed E-state index contributed by atoms with van der Waals surface area (Å²) in [5.41, 5.74) is 2.40. The van der Waals surface area contributed by atoms with Crippen LogP contribution in [0, 0.1) is 6.92 Å². The van der Waals surface area contributed by atoms with Crippen LogP contribution in [-0.2, 0) is 4.79 Å². The molecule has 128 valence electrons. The molecule has 0 atom stereocenters. The molecule has 1 heterocycles. The summed E-state index contributed by atoms with van der Waals surface area (Å²) >= 11 is 6.98. The number of halogens is 2. The fourth-order valence-electron chi connectivity index (χ4n) is 2.22. The van der Waals surface area contributed by atoms with Gasteiger partial charge in [-0.25, -0.2) is 5.43 Å². The number of hydrazone groups is 1. The monoisotopic (exact) mass is 464 g/mol. The van der Waals surface area contributed by atoms with Gasteiger partial charge in [-0.05, 0) is 64.0 Å².